The minimum Gasteiger partial charge on any atom is -0.365 e. The summed E-state index contributed by atoms with van der Waals surface area (Å²) in [5.74, 6) is -0.567. The first kappa shape index (κ1) is 29.3. The van der Waals surface area contributed by atoms with Crippen LogP contribution in [0.25, 0.3) is 11.4 Å². The minimum atomic E-state index is -0.779. The van der Waals surface area contributed by atoms with Gasteiger partial charge in [0.1, 0.15) is 11.5 Å². The van der Waals surface area contributed by atoms with Gasteiger partial charge in [0.25, 0.3) is 11.5 Å². The first-order chi connectivity index (χ1) is 20.0. The van der Waals surface area contributed by atoms with Crippen LogP contribution in [-0.2, 0) is 13.1 Å². The lowest BCUT2D eigenvalue weighted by atomic mass is 9.96. The van der Waals surface area contributed by atoms with E-state index >= 15 is 0 Å². The number of anilines is 1. The maximum atomic E-state index is 13.5. The summed E-state index contributed by atoms with van der Waals surface area (Å²) in [4.78, 5) is 54.7. The SMILES string of the molecule is CC(C)(C)C(=O)n1nc(-c2cc(C(=O)c3ccccc3)cc(=O)n2CC(=O)c2ccns2)cc1NCc1ccc(Cl)s1. The number of hydrogen-bond donors (Lipinski definition) is 1. The van der Waals surface area contributed by atoms with Gasteiger partial charge in [-0.05, 0) is 35.8 Å². The number of halogens is 1. The van der Waals surface area contributed by atoms with Gasteiger partial charge in [-0.25, -0.2) is 4.37 Å². The third-order valence-corrected chi connectivity index (χ3v) is 8.34. The number of Topliss-reactive ketones (excluding diaryl/α,β-unsaturated/α-hetero) is 1. The van der Waals surface area contributed by atoms with Crippen molar-refractivity contribution in [1.29, 1.82) is 0 Å². The zero-order valence-electron chi connectivity index (χ0n) is 23.0. The molecule has 0 saturated heterocycles. The first-order valence-corrected chi connectivity index (χ1v) is 14.9. The Balaban J connectivity index is 1.64. The van der Waals surface area contributed by atoms with Crippen molar-refractivity contribution >= 4 is 57.8 Å². The third kappa shape index (κ3) is 6.33. The normalized spacial score (nSPS) is 11.4. The van der Waals surface area contributed by atoms with Gasteiger partial charge in [0.2, 0.25) is 0 Å². The van der Waals surface area contributed by atoms with E-state index in [2.05, 4.69) is 14.8 Å². The van der Waals surface area contributed by atoms with Gasteiger partial charge >= 0.3 is 0 Å². The lowest BCUT2D eigenvalue weighted by Crippen LogP contribution is -2.29. The molecule has 12 heteroatoms. The molecule has 5 aromatic rings. The van der Waals surface area contributed by atoms with E-state index in [0.29, 0.717) is 27.1 Å². The highest BCUT2D eigenvalue weighted by atomic mass is 35.5. The Kier molecular flexibility index (Phi) is 8.35. The molecule has 0 aliphatic rings. The second-order valence-corrected chi connectivity index (χ2v) is 13.1. The van der Waals surface area contributed by atoms with E-state index in [-0.39, 0.29) is 41.0 Å². The predicted molar refractivity (Wildman–Crippen MR) is 165 cm³/mol. The average Bonchev–Trinajstić information content (AvgIpc) is 3.73. The van der Waals surface area contributed by atoms with Crippen molar-refractivity contribution in [2.45, 2.75) is 33.9 Å². The van der Waals surface area contributed by atoms with E-state index in [9.17, 15) is 19.2 Å². The van der Waals surface area contributed by atoms with Gasteiger partial charge in [0, 0.05) is 39.7 Å². The molecule has 0 amide bonds. The van der Waals surface area contributed by atoms with Crippen LogP contribution in [0.15, 0.2) is 77.7 Å². The molecule has 0 aliphatic heterocycles. The molecule has 0 fully saturated rings. The Morgan fingerprint density at radius 3 is 2.38 bits per heavy atom. The van der Waals surface area contributed by atoms with E-state index < -0.39 is 11.0 Å². The van der Waals surface area contributed by atoms with Crippen LogP contribution in [0, 0.1) is 5.41 Å². The fourth-order valence-electron chi connectivity index (χ4n) is 4.17. The van der Waals surface area contributed by atoms with Crippen molar-refractivity contribution < 1.29 is 14.4 Å². The van der Waals surface area contributed by atoms with Crippen LogP contribution in [0.1, 0.15) is 56.0 Å². The zero-order valence-corrected chi connectivity index (χ0v) is 25.3. The summed E-state index contributed by atoms with van der Waals surface area (Å²) < 4.78 is 7.15. The highest BCUT2D eigenvalue weighted by Crippen LogP contribution is 2.28. The summed E-state index contributed by atoms with van der Waals surface area (Å²) in [7, 11) is 0. The van der Waals surface area contributed by atoms with Crippen molar-refractivity contribution in [2.75, 3.05) is 5.32 Å². The number of aromatic nitrogens is 4. The molecule has 1 aromatic carbocycles. The van der Waals surface area contributed by atoms with Crippen LogP contribution in [0.4, 0.5) is 5.82 Å². The summed E-state index contributed by atoms with van der Waals surface area (Å²) in [6.07, 6.45) is 1.52. The van der Waals surface area contributed by atoms with E-state index in [1.165, 1.54) is 38.9 Å². The molecule has 4 aromatic heterocycles. The van der Waals surface area contributed by atoms with Gasteiger partial charge < -0.3 is 5.32 Å². The number of carbonyl (C=O) groups excluding carboxylic acids is 3. The van der Waals surface area contributed by atoms with Gasteiger partial charge in [0.05, 0.1) is 28.0 Å². The van der Waals surface area contributed by atoms with Gasteiger partial charge in [-0.3, -0.25) is 23.7 Å². The standard InChI is InChI=1S/C30H26ClN5O4S2/c1-30(2,3)29(40)36-26(32-16-20-9-10-25(31)41-20)15-21(34-36)22-13-19(28(39)18-7-5-4-6-8-18)14-27(38)35(22)17-23(37)24-11-12-33-42-24/h4-15,32H,16-17H2,1-3H3. The number of rotatable bonds is 9. The van der Waals surface area contributed by atoms with E-state index in [0.717, 1.165) is 16.4 Å². The highest BCUT2D eigenvalue weighted by molar-refractivity contribution is 7.16. The first-order valence-electron chi connectivity index (χ1n) is 12.9. The molecule has 0 saturated carbocycles. The fraction of sp³-hybridized carbons (Fsp3) is 0.200. The molecular weight excluding hydrogens is 594 g/mol. The second kappa shape index (κ2) is 12.0. The van der Waals surface area contributed by atoms with Crippen molar-refractivity contribution in [3.05, 3.63) is 108 Å². The Hall–Kier alpha value is -4.19. The summed E-state index contributed by atoms with van der Waals surface area (Å²) in [5.41, 5.74) is -0.310. The molecule has 4 heterocycles. The Morgan fingerprint density at radius 1 is 0.976 bits per heavy atom. The lowest BCUT2D eigenvalue weighted by Gasteiger charge is -2.18. The van der Waals surface area contributed by atoms with E-state index in [4.69, 9.17) is 11.6 Å². The number of nitrogens with zero attached hydrogens (tertiary/aromatic N) is 4. The predicted octanol–water partition coefficient (Wildman–Crippen LogP) is 6.30. The lowest BCUT2D eigenvalue weighted by molar-refractivity contribution is 0.0751. The molecule has 5 rings (SSSR count). The summed E-state index contributed by atoms with van der Waals surface area (Å²) >= 11 is 8.53. The van der Waals surface area contributed by atoms with Gasteiger partial charge in [-0.2, -0.15) is 9.78 Å². The quantitative estimate of drug-likeness (QED) is 0.193. The third-order valence-electron chi connectivity index (χ3n) is 6.32. The molecular formula is C30H26ClN5O4S2. The van der Waals surface area contributed by atoms with Crippen molar-refractivity contribution in [1.82, 2.24) is 18.7 Å². The molecule has 0 unspecified atom stereocenters. The number of ketones is 2. The maximum absolute atomic E-state index is 13.5. The molecule has 42 heavy (non-hydrogen) atoms. The van der Waals surface area contributed by atoms with E-state index in [1.54, 1.807) is 69.3 Å². The summed E-state index contributed by atoms with van der Waals surface area (Å²) in [6.45, 7) is 5.42. The van der Waals surface area contributed by atoms with Crippen molar-refractivity contribution in [3.8, 4) is 11.4 Å². The molecule has 0 radical (unpaired) electrons. The second-order valence-electron chi connectivity index (χ2n) is 10.5. The molecule has 0 spiro atoms. The molecule has 9 nitrogen and oxygen atoms in total. The largest absolute Gasteiger partial charge is 0.365 e. The smallest absolute Gasteiger partial charge is 0.254 e. The van der Waals surface area contributed by atoms with Crippen LogP contribution in [0.3, 0.4) is 0 Å². The summed E-state index contributed by atoms with van der Waals surface area (Å²) in [6, 6.07) is 18.2. The highest BCUT2D eigenvalue weighted by Gasteiger charge is 2.28. The van der Waals surface area contributed by atoms with Crippen LogP contribution in [0.5, 0.6) is 0 Å². The van der Waals surface area contributed by atoms with Gasteiger partial charge in [-0.15, -0.1) is 11.3 Å². The van der Waals surface area contributed by atoms with Gasteiger partial charge in [-0.1, -0.05) is 62.7 Å². The molecule has 0 atom stereocenters. The Morgan fingerprint density at radius 2 is 1.74 bits per heavy atom. The zero-order chi connectivity index (χ0) is 30.0. The van der Waals surface area contributed by atoms with Crippen LogP contribution >= 0.6 is 34.5 Å². The number of carbonyl (C=O) groups is 3. The van der Waals surface area contributed by atoms with Crippen molar-refractivity contribution in [3.63, 3.8) is 0 Å². The van der Waals surface area contributed by atoms with Crippen LogP contribution < -0.4 is 10.9 Å². The average molecular weight is 620 g/mol. The molecule has 0 bridgehead atoms. The fourth-order valence-corrected chi connectivity index (χ4v) is 5.72. The number of hydrogen-bond acceptors (Lipinski definition) is 9. The topological polar surface area (TPSA) is 116 Å². The molecule has 214 valence electrons. The Bertz CT molecular complexity index is 1830. The number of pyridine rings is 1. The minimum absolute atomic E-state index is 0.141. The Labute approximate surface area is 254 Å². The van der Waals surface area contributed by atoms with Crippen molar-refractivity contribution in [2.24, 2.45) is 5.41 Å². The van der Waals surface area contributed by atoms with Crippen LogP contribution in [-0.4, -0.2) is 36.2 Å². The maximum Gasteiger partial charge on any atom is 0.254 e. The van der Waals surface area contributed by atoms with E-state index in [1.807, 2.05) is 6.07 Å². The monoisotopic (exact) mass is 619 g/mol. The summed E-state index contributed by atoms with van der Waals surface area (Å²) in [5, 5.41) is 7.85. The number of thiophene rings is 1. The number of nitrogens with one attached hydrogen (secondary N) is 1. The van der Waals surface area contributed by atoms with Gasteiger partial charge in [0.15, 0.2) is 11.6 Å². The van der Waals surface area contributed by atoms with Crippen LogP contribution in [0.2, 0.25) is 4.34 Å². The number of benzene rings is 1. The molecule has 1 N–H and O–H groups in total. The molecule has 0 aliphatic carbocycles.